The van der Waals surface area contributed by atoms with E-state index in [-0.39, 0.29) is 22.8 Å². The lowest BCUT2D eigenvalue weighted by Crippen LogP contribution is -2.23. The SMILES string of the molecule is O=c1ccn(-c2cccc(OC(F)(F)F)c2)nc1-c1ccnn1-c1cccc(S(=O)(=O)C(F)(F)F)c1. The van der Waals surface area contributed by atoms with Crippen LogP contribution in [0.1, 0.15) is 0 Å². The predicted molar refractivity (Wildman–Crippen MR) is 112 cm³/mol. The zero-order chi connectivity index (χ0) is 26.3. The van der Waals surface area contributed by atoms with Crippen molar-refractivity contribution in [2.45, 2.75) is 16.8 Å². The van der Waals surface area contributed by atoms with Gasteiger partial charge in [-0.2, -0.15) is 23.4 Å². The lowest BCUT2D eigenvalue weighted by molar-refractivity contribution is -0.274. The molecule has 0 N–H and O–H groups in total. The van der Waals surface area contributed by atoms with E-state index >= 15 is 0 Å². The molecular weight excluding hydrogens is 518 g/mol. The maximum absolute atomic E-state index is 13.0. The molecule has 0 unspecified atom stereocenters. The molecule has 0 aliphatic carbocycles. The van der Waals surface area contributed by atoms with E-state index in [1.807, 2.05) is 0 Å². The van der Waals surface area contributed by atoms with Crippen LogP contribution in [0.5, 0.6) is 5.75 Å². The molecule has 0 aliphatic rings. The number of ether oxygens (including phenoxy) is 1. The van der Waals surface area contributed by atoms with Crippen molar-refractivity contribution in [3.63, 3.8) is 0 Å². The summed E-state index contributed by atoms with van der Waals surface area (Å²) in [5.41, 5.74) is -6.47. The Morgan fingerprint density at radius 1 is 0.861 bits per heavy atom. The number of nitrogens with zero attached hydrogens (tertiary/aromatic N) is 4. The first kappa shape index (κ1) is 25.0. The molecule has 4 aromatic rings. The maximum Gasteiger partial charge on any atom is 0.573 e. The number of hydrogen-bond acceptors (Lipinski definition) is 6. The third kappa shape index (κ3) is 4.95. The van der Waals surface area contributed by atoms with Crippen molar-refractivity contribution in [2.75, 3.05) is 0 Å². The fourth-order valence-electron chi connectivity index (χ4n) is 3.16. The molecule has 0 radical (unpaired) electrons. The van der Waals surface area contributed by atoms with Crippen LogP contribution in [0, 0.1) is 0 Å². The summed E-state index contributed by atoms with van der Waals surface area (Å²) in [5, 5.41) is 8.08. The Balaban J connectivity index is 1.78. The van der Waals surface area contributed by atoms with E-state index in [4.69, 9.17) is 0 Å². The van der Waals surface area contributed by atoms with E-state index in [0.717, 1.165) is 45.8 Å². The van der Waals surface area contributed by atoms with E-state index in [0.29, 0.717) is 0 Å². The van der Waals surface area contributed by atoms with Gasteiger partial charge in [0.15, 0.2) is 5.69 Å². The summed E-state index contributed by atoms with van der Waals surface area (Å²) >= 11 is 0. The monoisotopic (exact) mass is 530 g/mol. The van der Waals surface area contributed by atoms with E-state index < -0.39 is 37.8 Å². The van der Waals surface area contributed by atoms with Crippen LogP contribution in [0.4, 0.5) is 26.3 Å². The number of rotatable bonds is 5. The zero-order valence-electron chi connectivity index (χ0n) is 17.5. The van der Waals surface area contributed by atoms with Gasteiger partial charge in [0.05, 0.1) is 28.2 Å². The zero-order valence-corrected chi connectivity index (χ0v) is 18.3. The molecule has 8 nitrogen and oxygen atoms in total. The highest BCUT2D eigenvalue weighted by molar-refractivity contribution is 7.92. The van der Waals surface area contributed by atoms with Gasteiger partial charge in [-0.3, -0.25) is 4.79 Å². The van der Waals surface area contributed by atoms with Crippen LogP contribution in [0.15, 0.2) is 82.7 Å². The predicted octanol–water partition coefficient (Wildman–Crippen LogP) is 4.28. The molecule has 36 heavy (non-hydrogen) atoms. The van der Waals surface area contributed by atoms with Crippen LogP contribution in [0.25, 0.3) is 22.8 Å². The van der Waals surface area contributed by atoms with E-state index in [1.165, 1.54) is 36.7 Å². The van der Waals surface area contributed by atoms with Gasteiger partial charge in [-0.15, -0.1) is 13.2 Å². The average molecular weight is 530 g/mol. The lowest BCUT2D eigenvalue weighted by atomic mass is 10.2. The van der Waals surface area contributed by atoms with Crippen molar-refractivity contribution >= 4 is 9.84 Å². The quantitative estimate of drug-likeness (QED) is 0.358. The molecule has 0 saturated carbocycles. The second-order valence-corrected chi connectivity index (χ2v) is 9.03. The Morgan fingerprint density at radius 2 is 1.56 bits per heavy atom. The normalized spacial score (nSPS) is 12.5. The first-order valence-electron chi connectivity index (χ1n) is 9.69. The molecule has 0 fully saturated rings. The summed E-state index contributed by atoms with van der Waals surface area (Å²) in [7, 11) is -5.65. The van der Waals surface area contributed by atoms with Crippen molar-refractivity contribution in [1.82, 2.24) is 19.6 Å². The molecule has 2 heterocycles. The minimum absolute atomic E-state index is 0.0152. The topological polar surface area (TPSA) is 96.1 Å². The van der Waals surface area contributed by atoms with Gasteiger partial charge in [-0.05, 0) is 36.4 Å². The molecule has 0 saturated heterocycles. The van der Waals surface area contributed by atoms with Gasteiger partial charge in [0, 0.05) is 18.3 Å². The smallest absolute Gasteiger partial charge is 0.406 e. The summed E-state index contributed by atoms with van der Waals surface area (Å²) in [6.07, 6.45) is -2.53. The third-order valence-corrected chi connectivity index (χ3v) is 6.17. The van der Waals surface area contributed by atoms with E-state index in [9.17, 15) is 39.6 Å². The second-order valence-electron chi connectivity index (χ2n) is 7.09. The minimum atomic E-state index is -5.65. The molecule has 188 valence electrons. The van der Waals surface area contributed by atoms with Crippen LogP contribution in [0.2, 0.25) is 0 Å². The van der Waals surface area contributed by atoms with Crippen molar-refractivity contribution in [2.24, 2.45) is 0 Å². The molecule has 15 heteroatoms. The molecule has 0 amide bonds. The maximum atomic E-state index is 13.0. The summed E-state index contributed by atoms with van der Waals surface area (Å²) in [6, 6.07) is 11.0. The Kier molecular flexibility index (Phi) is 6.12. The summed E-state index contributed by atoms with van der Waals surface area (Å²) < 4.78 is 106. The summed E-state index contributed by atoms with van der Waals surface area (Å²) in [4.78, 5) is 11.5. The molecule has 2 aromatic carbocycles. The molecular formula is C21H12F6N4O4S. The Morgan fingerprint density at radius 3 is 2.25 bits per heavy atom. The molecule has 0 aliphatic heterocycles. The molecule has 0 bridgehead atoms. The molecule has 0 atom stereocenters. The molecule has 0 spiro atoms. The van der Waals surface area contributed by atoms with Crippen LogP contribution in [0.3, 0.4) is 0 Å². The number of aromatic nitrogens is 4. The van der Waals surface area contributed by atoms with Gasteiger partial charge in [-0.25, -0.2) is 17.8 Å². The average Bonchev–Trinajstić information content (AvgIpc) is 3.27. The minimum Gasteiger partial charge on any atom is -0.406 e. The molecule has 4 rings (SSSR count). The van der Waals surface area contributed by atoms with Crippen molar-refractivity contribution in [1.29, 1.82) is 0 Å². The van der Waals surface area contributed by atoms with Crippen LogP contribution >= 0.6 is 0 Å². The summed E-state index contributed by atoms with van der Waals surface area (Å²) in [6.45, 7) is 0. The fraction of sp³-hybridized carbons (Fsp3) is 0.0952. The highest BCUT2D eigenvalue weighted by Gasteiger charge is 2.47. The fourth-order valence-corrected chi connectivity index (χ4v) is 3.96. The number of alkyl halides is 6. The first-order chi connectivity index (χ1) is 16.8. The Labute approximate surface area is 197 Å². The second kappa shape index (κ2) is 8.82. The number of benzene rings is 2. The van der Waals surface area contributed by atoms with Crippen LogP contribution in [-0.2, 0) is 9.84 Å². The van der Waals surface area contributed by atoms with Gasteiger partial charge >= 0.3 is 11.9 Å². The molecule has 2 aromatic heterocycles. The van der Waals surface area contributed by atoms with Gasteiger partial charge in [0.1, 0.15) is 5.75 Å². The number of halogens is 6. The third-order valence-electron chi connectivity index (χ3n) is 4.69. The lowest BCUT2D eigenvalue weighted by Gasteiger charge is -2.13. The Hall–Kier alpha value is -4.14. The standard InChI is InChI=1S/C21H12F6N4O4S/c22-20(23,24)35-15-5-1-3-13(11-15)30-10-8-18(32)19(29-30)17-7-9-28-31(17)14-4-2-6-16(12-14)36(33,34)21(25,26)27/h1-12H. The number of hydrogen-bond donors (Lipinski definition) is 0. The highest BCUT2D eigenvalue weighted by Crippen LogP contribution is 2.31. The van der Waals surface area contributed by atoms with Gasteiger partial charge in [-0.1, -0.05) is 12.1 Å². The Bertz CT molecular complexity index is 1590. The first-order valence-corrected chi connectivity index (χ1v) is 11.2. The van der Waals surface area contributed by atoms with Crippen molar-refractivity contribution in [3.05, 3.63) is 83.3 Å². The van der Waals surface area contributed by atoms with E-state index in [2.05, 4.69) is 14.9 Å². The van der Waals surface area contributed by atoms with E-state index in [1.54, 1.807) is 0 Å². The largest absolute Gasteiger partial charge is 0.573 e. The van der Waals surface area contributed by atoms with Gasteiger partial charge in [0.25, 0.3) is 9.84 Å². The van der Waals surface area contributed by atoms with Crippen molar-refractivity contribution in [3.8, 4) is 28.5 Å². The van der Waals surface area contributed by atoms with Crippen molar-refractivity contribution < 1.29 is 39.5 Å². The highest BCUT2D eigenvalue weighted by atomic mass is 32.2. The van der Waals surface area contributed by atoms with Crippen LogP contribution < -0.4 is 10.2 Å². The number of sulfone groups is 1. The summed E-state index contributed by atoms with van der Waals surface area (Å²) in [5.74, 6) is -0.533. The van der Waals surface area contributed by atoms with Gasteiger partial charge in [0.2, 0.25) is 5.43 Å². The van der Waals surface area contributed by atoms with Crippen LogP contribution in [-0.4, -0.2) is 39.8 Å². The van der Waals surface area contributed by atoms with Gasteiger partial charge < -0.3 is 4.74 Å².